The minimum absolute atomic E-state index is 0.0503. The van der Waals surface area contributed by atoms with Crippen LogP contribution in [0.5, 0.6) is 5.75 Å². The van der Waals surface area contributed by atoms with Crippen LogP contribution < -0.4 is 4.74 Å². The second-order valence-corrected chi connectivity index (χ2v) is 5.18. The van der Waals surface area contributed by atoms with Crippen molar-refractivity contribution >= 4 is 31.3 Å². The van der Waals surface area contributed by atoms with Gasteiger partial charge in [0, 0.05) is 16.7 Å². The summed E-state index contributed by atoms with van der Waals surface area (Å²) in [5, 5.41) is 0.0503. The lowest BCUT2D eigenvalue weighted by molar-refractivity contribution is 0.414. The lowest BCUT2D eigenvalue weighted by atomic mass is 10.3. The molecular weight excluding hydrogens is 235 g/mol. The Hall–Kier alpha value is -0.450. The maximum atomic E-state index is 10.9. The van der Waals surface area contributed by atoms with E-state index < -0.39 is 9.05 Å². The summed E-state index contributed by atoms with van der Waals surface area (Å²) < 4.78 is 26.6. The van der Waals surface area contributed by atoms with Crippen LogP contribution in [0.3, 0.4) is 0 Å². The third kappa shape index (κ3) is 2.49. The summed E-state index contributed by atoms with van der Waals surface area (Å²) in [5.74, 6) is 0.481. The first-order chi connectivity index (χ1) is 5.95. The van der Waals surface area contributed by atoms with Crippen molar-refractivity contribution in [1.82, 2.24) is 0 Å². The lowest BCUT2D eigenvalue weighted by Gasteiger charge is -2.02. The average molecular weight is 241 g/mol. The second kappa shape index (κ2) is 3.74. The van der Waals surface area contributed by atoms with Crippen LogP contribution >= 0.6 is 22.3 Å². The Kier molecular flexibility index (Phi) is 3.05. The molecule has 6 heteroatoms. The molecule has 1 aromatic carbocycles. The largest absolute Gasteiger partial charge is 0.497 e. The summed E-state index contributed by atoms with van der Waals surface area (Å²) in [6.45, 7) is 0. The summed E-state index contributed by atoms with van der Waals surface area (Å²) >= 11 is 5.65. The van der Waals surface area contributed by atoms with Gasteiger partial charge in [-0.25, -0.2) is 8.42 Å². The van der Waals surface area contributed by atoms with E-state index in [2.05, 4.69) is 0 Å². The molecule has 0 aliphatic carbocycles. The van der Waals surface area contributed by atoms with Crippen LogP contribution in [-0.2, 0) is 9.05 Å². The van der Waals surface area contributed by atoms with Crippen LogP contribution in [0.1, 0.15) is 0 Å². The highest BCUT2D eigenvalue weighted by Crippen LogP contribution is 2.28. The highest BCUT2D eigenvalue weighted by Gasteiger charge is 2.14. The van der Waals surface area contributed by atoms with Crippen LogP contribution in [-0.4, -0.2) is 15.5 Å². The molecular formula is C7H6Cl2O3S. The fourth-order valence-electron chi connectivity index (χ4n) is 0.806. The first-order valence-electron chi connectivity index (χ1n) is 3.23. The highest BCUT2D eigenvalue weighted by atomic mass is 35.7. The monoisotopic (exact) mass is 240 g/mol. The van der Waals surface area contributed by atoms with Crippen LogP contribution in [0, 0.1) is 0 Å². The van der Waals surface area contributed by atoms with E-state index in [1.54, 1.807) is 0 Å². The third-order valence-electron chi connectivity index (χ3n) is 1.40. The molecule has 0 spiro atoms. The predicted octanol–water partition coefficient (Wildman–Crippen LogP) is 2.28. The topological polar surface area (TPSA) is 43.4 Å². The Morgan fingerprint density at radius 1 is 1.38 bits per heavy atom. The molecule has 0 saturated heterocycles. The van der Waals surface area contributed by atoms with Gasteiger partial charge in [0.1, 0.15) is 10.6 Å². The molecule has 0 aliphatic heterocycles. The average Bonchev–Trinajstić information content (AvgIpc) is 2.01. The summed E-state index contributed by atoms with van der Waals surface area (Å²) in [6, 6.07) is 4.15. The summed E-state index contributed by atoms with van der Waals surface area (Å²) in [7, 11) is 2.79. The summed E-state index contributed by atoms with van der Waals surface area (Å²) in [4.78, 5) is -0.114. The van der Waals surface area contributed by atoms with Crippen molar-refractivity contribution in [3.8, 4) is 5.75 Å². The molecule has 3 nitrogen and oxygen atoms in total. The van der Waals surface area contributed by atoms with E-state index in [4.69, 9.17) is 27.0 Å². The Balaban J connectivity index is 3.29. The molecule has 0 aromatic heterocycles. The van der Waals surface area contributed by atoms with Crippen molar-refractivity contribution in [1.29, 1.82) is 0 Å². The number of hydrogen-bond donors (Lipinski definition) is 0. The Morgan fingerprint density at radius 2 is 2.00 bits per heavy atom. The molecule has 0 unspecified atom stereocenters. The van der Waals surface area contributed by atoms with Crippen LogP contribution in [0.15, 0.2) is 23.1 Å². The number of halogens is 2. The Morgan fingerprint density at radius 3 is 2.38 bits per heavy atom. The van der Waals surface area contributed by atoms with E-state index in [-0.39, 0.29) is 9.92 Å². The number of methoxy groups -OCH3 is 1. The molecule has 13 heavy (non-hydrogen) atoms. The molecule has 0 radical (unpaired) electrons. The van der Waals surface area contributed by atoms with E-state index >= 15 is 0 Å². The van der Waals surface area contributed by atoms with E-state index in [1.165, 1.54) is 25.3 Å². The number of benzene rings is 1. The van der Waals surface area contributed by atoms with Gasteiger partial charge >= 0.3 is 0 Å². The summed E-state index contributed by atoms with van der Waals surface area (Å²) in [6.07, 6.45) is 0. The van der Waals surface area contributed by atoms with Crippen molar-refractivity contribution in [2.24, 2.45) is 0 Å². The third-order valence-corrected chi connectivity index (χ3v) is 3.21. The van der Waals surface area contributed by atoms with Gasteiger partial charge in [-0.3, -0.25) is 0 Å². The smallest absolute Gasteiger partial charge is 0.262 e. The minimum atomic E-state index is -3.77. The predicted molar refractivity (Wildman–Crippen MR) is 51.0 cm³/mol. The zero-order valence-corrected chi connectivity index (χ0v) is 8.95. The summed E-state index contributed by atoms with van der Waals surface area (Å²) in [5.41, 5.74) is 0. The van der Waals surface area contributed by atoms with Gasteiger partial charge in [0.25, 0.3) is 9.05 Å². The van der Waals surface area contributed by atoms with Gasteiger partial charge in [0.2, 0.25) is 0 Å². The normalized spacial score (nSPS) is 11.3. The minimum Gasteiger partial charge on any atom is -0.497 e. The van der Waals surface area contributed by atoms with E-state index in [1.807, 2.05) is 0 Å². The quantitative estimate of drug-likeness (QED) is 0.746. The van der Waals surface area contributed by atoms with Crippen molar-refractivity contribution in [2.45, 2.75) is 4.90 Å². The van der Waals surface area contributed by atoms with Gasteiger partial charge in [-0.05, 0) is 12.1 Å². The van der Waals surface area contributed by atoms with E-state index in [9.17, 15) is 8.42 Å². The lowest BCUT2D eigenvalue weighted by Crippen LogP contribution is -1.92. The molecule has 1 aromatic rings. The molecule has 1 rings (SSSR count). The fourth-order valence-corrected chi connectivity index (χ4v) is 2.33. The first kappa shape index (κ1) is 10.6. The van der Waals surface area contributed by atoms with Crippen LogP contribution in [0.25, 0.3) is 0 Å². The molecule has 0 aliphatic rings. The van der Waals surface area contributed by atoms with Gasteiger partial charge in [0.05, 0.1) is 12.1 Å². The van der Waals surface area contributed by atoms with Crippen molar-refractivity contribution < 1.29 is 13.2 Å². The highest BCUT2D eigenvalue weighted by molar-refractivity contribution is 8.13. The second-order valence-electron chi connectivity index (χ2n) is 2.23. The molecule has 0 atom stereocenters. The van der Waals surface area contributed by atoms with Gasteiger partial charge in [0.15, 0.2) is 0 Å². The molecule has 0 fully saturated rings. The van der Waals surface area contributed by atoms with Crippen molar-refractivity contribution in [3.63, 3.8) is 0 Å². The van der Waals surface area contributed by atoms with Gasteiger partial charge in [-0.2, -0.15) is 0 Å². The number of ether oxygens (including phenoxy) is 1. The van der Waals surface area contributed by atoms with Crippen molar-refractivity contribution in [2.75, 3.05) is 7.11 Å². The fraction of sp³-hybridized carbons (Fsp3) is 0.143. The molecule has 0 heterocycles. The standard InChI is InChI=1S/C7H6Cl2O3S/c1-12-5-2-3-7(6(8)4-5)13(9,10)11/h2-4H,1H3. The molecule has 0 N–H and O–H groups in total. The van der Waals surface area contributed by atoms with Gasteiger partial charge in [-0.1, -0.05) is 11.6 Å². The Bertz CT molecular complexity index is 414. The van der Waals surface area contributed by atoms with E-state index in [0.717, 1.165) is 0 Å². The first-order valence-corrected chi connectivity index (χ1v) is 5.92. The molecule has 72 valence electrons. The number of hydrogen-bond acceptors (Lipinski definition) is 3. The van der Waals surface area contributed by atoms with Gasteiger partial charge in [-0.15, -0.1) is 0 Å². The zero-order chi connectivity index (χ0) is 10.1. The maximum absolute atomic E-state index is 10.9. The molecule has 0 amide bonds. The molecule has 0 bridgehead atoms. The zero-order valence-electron chi connectivity index (χ0n) is 6.62. The number of rotatable bonds is 2. The van der Waals surface area contributed by atoms with Crippen molar-refractivity contribution in [3.05, 3.63) is 23.2 Å². The van der Waals surface area contributed by atoms with Crippen LogP contribution in [0.4, 0.5) is 0 Å². The van der Waals surface area contributed by atoms with Crippen LogP contribution in [0.2, 0.25) is 5.02 Å². The van der Waals surface area contributed by atoms with E-state index in [0.29, 0.717) is 5.75 Å². The maximum Gasteiger partial charge on any atom is 0.262 e. The Labute approximate surface area is 85.6 Å². The molecule has 0 saturated carbocycles. The van der Waals surface area contributed by atoms with Gasteiger partial charge < -0.3 is 4.74 Å². The SMILES string of the molecule is COc1ccc(S(=O)(=O)Cl)c(Cl)c1.